The molecule has 3 rings (SSSR count). The Bertz CT molecular complexity index is 686. The Labute approximate surface area is 114 Å². The highest BCUT2D eigenvalue weighted by Crippen LogP contribution is 2.26. The van der Waals surface area contributed by atoms with Crippen molar-refractivity contribution in [2.75, 3.05) is 4.90 Å². The number of nitrogens with zero attached hydrogens (tertiary/aromatic N) is 2. The van der Waals surface area contributed by atoms with Gasteiger partial charge in [-0.25, -0.2) is 4.79 Å². The van der Waals surface area contributed by atoms with Gasteiger partial charge < -0.3 is 10.0 Å². The molecule has 0 saturated heterocycles. The lowest BCUT2D eigenvalue weighted by Crippen LogP contribution is -2.17. The molecule has 1 aromatic heterocycles. The highest BCUT2D eigenvalue weighted by Gasteiger charge is 2.21. The number of aromatic amines is 1. The van der Waals surface area contributed by atoms with Crippen molar-refractivity contribution in [1.29, 1.82) is 0 Å². The molecule has 6 heteroatoms. The summed E-state index contributed by atoms with van der Waals surface area (Å²) >= 11 is 4.91. The zero-order valence-corrected chi connectivity index (χ0v) is 10.8. The van der Waals surface area contributed by atoms with E-state index < -0.39 is 5.97 Å². The first kappa shape index (κ1) is 11.9. The summed E-state index contributed by atoms with van der Waals surface area (Å²) in [5.41, 5.74) is 2.56. The monoisotopic (exact) mass is 273 g/mol. The smallest absolute Gasteiger partial charge is 0.338 e. The number of carboxylic acid groups (broad SMARTS) is 1. The summed E-state index contributed by atoms with van der Waals surface area (Å²) in [4.78, 5) is 13.1. The number of anilines is 1. The summed E-state index contributed by atoms with van der Waals surface area (Å²) in [6, 6.07) is 9.65. The summed E-state index contributed by atoms with van der Waals surface area (Å²) in [7, 11) is 0. The molecular weight excluding hydrogens is 262 g/mol. The molecule has 0 radical (unpaired) electrons. The van der Waals surface area contributed by atoms with Gasteiger partial charge in [0.15, 0.2) is 0 Å². The third-order valence-electron chi connectivity index (χ3n) is 3.19. The minimum atomic E-state index is -1.04. The number of carbonyl (C=O) groups is 1. The molecule has 0 fully saturated rings. The summed E-state index contributed by atoms with van der Waals surface area (Å²) in [5.74, 6) is -0.441. The summed E-state index contributed by atoms with van der Waals surface area (Å²) in [6.45, 7) is 1.46. The second-order valence-corrected chi connectivity index (χ2v) is 4.81. The Morgan fingerprint density at radius 3 is 2.53 bits per heavy atom. The van der Waals surface area contributed by atoms with E-state index in [1.165, 1.54) is 17.2 Å². The van der Waals surface area contributed by atoms with Crippen LogP contribution in [0.3, 0.4) is 0 Å². The Kier molecular flexibility index (Phi) is 2.79. The van der Waals surface area contributed by atoms with Gasteiger partial charge in [-0.05, 0) is 11.1 Å². The Hall–Kier alpha value is -2.21. The molecule has 0 unspecified atom stereocenters. The van der Waals surface area contributed by atoms with Crippen molar-refractivity contribution in [3.05, 3.63) is 51.7 Å². The average molecular weight is 273 g/mol. The number of rotatable bonds is 2. The second-order valence-electron chi connectivity index (χ2n) is 4.40. The van der Waals surface area contributed by atoms with Crippen LogP contribution in [0.15, 0.2) is 30.3 Å². The maximum atomic E-state index is 11.1. The number of fused-ring (bicyclic) bond motifs is 1. The van der Waals surface area contributed by atoms with Crippen LogP contribution in [-0.2, 0) is 13.1 Å². The van der Waals surface area contributed by atoms with Crippen molar-refractivity contribution in [2.45, 2.75) is 13.1 Å². The van der Waals surface area contributed by atoms with E-state index in [-0.39, 0.29) is 10.2 Å². The van der Waals surface area contributed by atoms with Crippen LogP contribution in [0.1, 0.15) is 21.5 Å². The Morgan fingerprint density at radius 2 is 1.95 bits per heavy atom. The summed E-state index contributed by atoms with van der Waals surface area (Å²) in [6.07, 6.45) is 0. The normalized spacial score (nSPS) is 13.4. The topological polar surface area (TPSA) is 69.2 Å². The maximum absolute atomic E-state index is 11.1. The van der Waals surface area contributed by atoms with E-state index in [4.69, 9.17) is 17.3 Å². The molecule has 0 amide bonds. The molecule has 0 spiro atoms. The summed E-state index contributed by atoms with van der Waals surface area (Å²) < 4.78 is 0.146. The molecule has 1 aliphatic heterocycles. The molecule has 2 heterocycles. The van der Waals surface area contributed by atoms with Crippen LogP contribution >= 0.6 is 12.2 Å². The minimum absolute atomic E-state index is 0.0796. The molecule has 2 aromatic rings. The third kappa shape index (κ3) is 2.10. The number of H-pyrrole nitrogens is 1. The Balaban J connectivity index is 1.96. The Morgan fingerprint density at radius 1 is 1.32 bits per heavy atom. The zero-order valence-electron chi connectivity index (χ0n) is 9.96. The van der Waals surface area contributed by atoms with Gasteiger partial charge in [0.2, 0.25) is 0 Å². The van der Waals surface area contributed by atoms with Crippen LogP contribution < -0.4 is 4.90 Å². The molecule has 2 N–H and O–H groups in total. The van der Waals surface area contributed by atoms with Crippen LogP contribution in [0.4, 0.5) is 5.82 Å². The van der Waals surface area contributed by atoms with Gasteiger partial charge in [-0.3, -0.25) is 5.10 Å². The zero-order chi connectivity index (χ0) is 13.4. The van der Waals surface area contributed by atoms with Crippen LogP contribution in [-0.4, -0.2) is 21.3 Å². The molecule has 0 bridgehead atoms. The maximum Gasteiger partial charge on any atom is 0.338 e. The van der Waals surface area contributed by atoms with Crippen LogP contribution in [0.2, 0.25) is 0 Å². The van der Waals surface area contributed by atoms with Crippen molar-refractivity contribution >= 4 is 24.0 Å². The van der Waals surface area contributed by atoms with Crippen molar-refractivity contribution in [1.82, 2.24) is 10.2 Å². The van der Waals surface area contributed by atoms with E-state index in [1.807, 2.05) is 17.0 Å². The first-order valence-corrected chi connectivity index (χ1v) is 6.21. The van der Waals surface area contributed by atoms with Crippen molar-refractivity contribution < 1.29 is 9.90 Å². The van der Waals surface area contributed by atoms with Crippen LogP contribution in [0.5, 0.6) is 0 Å². The van der Waals surface area contributed by atoms with Gasteiger partial charge in [0, 0.05) is 19.2 Å². The van der Waals surface area contributed by atoms with Gasteiger partial charge in [-0.2, -0.15) is 5.10 Å². The standard InChI is InChI=1S/C13H11N3O2S/c17-13(18)10-5-11(14-15-12(10)19)16-6-8-3-1-2-4-9(8)7-16/h1-5H,6-7H2,(H,15,19)(H,17,18). The fraction of sp³-hybridized carbons (Fsp3) is 0.154. The largest absolute Gasteiger partial charge is 0.478 e. The number of aromatic nitrogens is 2. The quantitative estimate of drug-likeness (QED) is 0.822. The molecular formula is C13H11N3O2S. The second kappa shape index (κ2) is 4.47. The van der Waals surface area contributed by atoms with Crippen LogP contribution in [0.25, 0.3) is 0 Å². The van der Waals surface area contributed by atoms with Gasteiger partial charge >= 0.3 is 5.97 Å². The molecule has 19 heavy (non-hydrogen) atoms. The van der Waals surface area contributed by atoms with E-state index in [2.05, 4.69) is 22.3 Å². The molecule has 1 aliphatic rings. The molecule has 1 aromatic carbocycles. The first-order valence-electron chi connectivity index (χ1n) is 5.80. The van der Waals surface area contributed by atoms with E-state index in [9.17, 15) is 4.79 Å². The number of benzene rings is 1. The predicted molar refractivity (Wildman–Crippen MR) is 72.7 cm³/mol. The molecule has 96 valence electrons. The first-order chi connectivity index (χ1) is 9.15. The minimum Gasteiger partial charge on any atom is -0.478 e. The van der Waals surface area contributed by atoms with E-state index >= 15 is 0 Å². The van der Waals surface area contributed by atoms with Gasteiger partial charge in [-0.15, -0.1) is 0 Å². The number of aromatic carboxylic acids is 1. The number of carboxylic acids is 1. The number of nitrogens with one attached hydrogen (secondary N) is 1. The van der Waals surface area contributed by atoms with Crippen molar-refractivity contribution in [3.63, 3.8) is 0 Å². The van der Waals surface area contributed by atoms with Crippen molar-refractivity contribution in [2.24, 2.45) is 0 Å². The van der Waals surface area contributed by atoms with E-state index in [0.29, 0.717) is 5.82 Å². The SMILES string of the molecule is O=C(O)c1cc(N2Cc3ccccc3C2)n[nH]c1=S. The molecule has 5 nitrogen and oxygen atoms in total. The van der Waals surface area contributed by atoms with Gasteiger partial charge in [0.05, 0.1) is 5.56 Å². The van der Waals surface area contributed by atoms with Gasteiger partial charge in [0.1, 0.15) is 10.5 Å². The third-order valence-corrected chi connectivity index (χ3v) is 3.50. The lowest BCUT2D eigenvalue weighted by molar-refractivity contribution is 0.0695. The van der Waals surface area contributed by atoms with E-state index in [1.54, 1.807) is 0 Å². The summed E-state index contributed by atoms with van der Waals surface area (Å²) in [5, 5.41) is 15.8. The number of hydrogen-bond donors (Lipinski definition) is 2. The lowest BCUT2D eigenvalue weighted by atomic mass is 10.1. The number of hydrogen-bond acceptors (Lipinski definition) is 4. The van der Waals surface area contributed by atoms with Gasteiger partial charge in [-0.1, -0.05) is 36.5 Å². The van der Waals surface area contributed by atoms with Crippen LogP contribution in [0, 0.1) is 4.64 Å². The molecule has 0 aliphatic carbocycles. The van der Waals surface area contributed by atoms with Gasteiger partial charge in [0.25, 0.3) is 0 Å². The predicted octanol–water partition coefficient (Wildman–Crippen LogP) is 2.36. The fourth-order valence-corrected chi connectivity index (χ4v) is 2.40. The van der Waals surface area contributed by atoms with Crippen molar-refractivity contribution in [3.8, 4) is 0 Å². The van der Waals surface area contributed by atoms with E-state index in [0.717, 1.165) is 13.1 Å². The highest BCUT2D eigenvalue weighted by molar-refractivity contribution is 7.71. The highest BCUT2D eigenvalue weighted by atomic mass is 32.1. The molecule has 0 atom stereocenters. The fourth-order valence-electron chi connectivity index (χ4n) is 2.21. The lowest BCUT2D eigenvalue weighted by Gasteiger charge is -2.16. The molecule has 0 saturated carbocycles. The average Bonchev–Trinajstić information content (AvgIpc) is 2.82.